The van der Waals surface area contributed by atoms with Crippen molar-refractivity contribution in [2.24, 2.45) is 11.8 Å². The van der Waals surface area contributed by atoms with Crippen molar-refractivity contribution in [1.29, 1.82) is 0 Å². The molecule has 0 bridgehead atoms. The second kappa shape index (κ2) is 11.5. The number of aliphatic hydroxyl groups excluding tert-OH is 4. The summed E-state index contributed by atoms with van der Waals surface area (Å²) in [5.74, 6) is -0.840. The van der Waals surface area contributed by atoms with Gasteiger partial charge in [-0.25, -0.2) is 0 Å². The van der Waals surface area contributed by atoms with Crippen LogP contribution in [0.4, 0.5) is 0 Å². The van der Waals surface area contributed by atoms with Gasteiger partial charge < -0.3 is 54.3 Å². The van der Waals surface area contributed by atoms with E-state index >= 15 is 0 Å². The molecule has 2 aromatic rings. The summed E-state index contributed by atoms with van der Waals surface area (Å²) in [6.07, 6.45) is -5.79. The average molecular weight is 537 g/mol. The third-order valence-corrected chi connectivity index (χ3v) is 7.65. The minimum absolute atomic E-state index is 0.0221. The van der Waals surface area contributed by atoms with E-state index in [4.69, 9.17) is 23.7 Å². The molecule has 8 atom stereocenters. The van der Waals surface area contributed by atoms with Crippen LogP contribution in [0.15, 0.2) is 24.3 Å². The molecule has 210 valence electrons. The van der Waals surface area contributed by atoms with Gasteiger partial charge in [-0.05, 0) is 54.5 Å². The van der Waals surface area contributed by atoms with Gasteiger partial charge in [0.15, 0.2) is 29.3 Å². The summed E-state index contributed by atoms with van der Waals surface area (Å²) in [6, 6.07) is 6.60. The standard InChI is InChI=1S/C27H36O11/c1-12-22(30)24(32)25(33)27(38-12)37-11-16-15(10-28)7-14-9-19(35-3)23(31)26(36-4)21(14)20(16)13-5-6-17(29)18(8-13)34-2/h5-6,8-9,12,15-16,20,22,24-25,27-33H,7,10-11H2,1-4H3. The van der Waals surface area contributed by atoms with Crippen LogP contribution >= 0.6 is 0 Å². The molecule has 0 radical (unpaired) electrons. The van der Waals surface area contributed by atoms with Gasteiger partial charge in [0.2, 0.25) is 5.75 Å². The fourth-order valence-electron chi connectivity index (χ4n) is 5.57. The Hall–Kier alpha value is -2.80. The third-order valence-electron chi connectivity index (χ3n) is 7.65. The Morgan fingerprint density at radius 3 is 2.26 bits per heavy atom. The van der Waals surface area contributed by atoms with E-state index < -0.39 is 42.5 Å². The number of ether oxygens (including phenoxy) is 5. The number of phenols is 2. The molecule has 0 aromatic heterocycles. The van der Waals surface area contributed by atoms with E-state index in [2.05, 4.69) is 0 Å². The van der Waals surface area contributed by atoms with Gasteiger partial charge in [0.25, 0.3) is 0 Å². The number of aliphatic hydroxyl groups is 4. The summed E-state index contributed by atoms with van der Waals surface area (Å²) >= 11 is 0. The number of hydrogen-bond acceptors (Lipinski definition) is 11. The summed E-state index contributed by atoms with van der Waals surface area (Å²) in [5.41, 5.74) is 2.15. The molecule has 1 heterocycles. The molecule has 8 unspecified atom stereocenters. The number of hydrogen-bond donors (Lipinski definition) is 6. The third kappa shape index (κ3) is 4.97. The zero-order chi connectivity index (χ0) is 27.7. The van der Waals surface area contributed by atoms with Crippen molar-refractivity contribution in [3.63, 3.8) is 0 Å². The predicted molar refractivity (Wildman–Crippen MR) is 134 cm³/mol. The summed E-state index contributed by atoms with van der Waals surface area (Å²) in [4.78, 5) is 0. The van der Waals surface area contributed by atoms with Gasteiger partial charge in [0, 0.05) is 18.1 Å². The van der Waals surface area contributed by atoms with Crippen LogP contribution in [0.1, 0.15) is 29.5 Å². The van der Waals surface area contributed by atoms with E-state index in [-0.39, 0.29) is 47.9 Å². The fraction of sp³-hybridized carbons (Fsp3) is 0.556. The monoisotopic (exact) mass is 536 g/mol. The maximum absolute atomic E-state index is 10.9. The molecule has 1 fully saturated rings. The van der Waals surface area contributed by atoms with Crippen molar-refractivity contribution in [3.8, 4) is 28.7 Å². The SMILES string of the molecule is COc1cc(C2c3c(cc(OC)c(O)c3OC)CC(CO)C2COC2OC(C)C(O)C(O)C2O)ccc1O. The van der Waals surface area contributed by atoms with Gasteiger partial charge in [-0.2, -0.15) is 0 Å². The Labute approximate surface area is 220 Å². The molecule has 0 amide bonds. The largest absolute Gasteiger partial charge is 0.504 e. The lowest BCUT2D eigenvalue weighted by Crippen LogP contribution is -2.57. The summed E-state index contributed by atoms with van der Waals surface area (Å²) in [5, 5.41) is 62.3. The van der Waals surface area contributed by atoms with Gasteiger partial charge in [-0.1, -0.05) is 6.07 Å². The van der Waals surface area contributed by atoms with Crippen LogP contribution in [0.25, 0.3) is 0 Å². The van der Waals surface area contributed by atoms with Crippen molar-refractivity contribution in [2.75, 3.05) is 34.5 Å². The number of phenolic OH excluding ortho intramolecular Hbond substituents is 2. The highest BCUT2D eigenvalue weighted by molar-refractivity contribution is 5.62. The van der Waals surface area contributed by atoms with Crippen molar-refractivity contribution in [2.45, 2.75) is 50.0 Å². The van der Waals surface area contributed by atoms with Crippen LogP contribution in [0.5, 0.6) is 28.7 Å². The molecule has 11 nitrogen and oxygen atoms in total. The molecule has 4 rings (SSSR count). The van der Waals surface area contributed by atoms with Crippen LogP contribution in [0.3, 0.4) is 0 Å². The van der Waals surface area contributed by atoms with E-state index in [9.17, 15) is 30.6 Å². The van der Waals surface area contributed by atoms with Crippen molar-refractivity contribution >= 4 is 0 Å². The Morgan fingerprint density at radius 1 is 0.921 bits per heavy atom. The van der Waals surface area contributed by atoms with Crippen molar-refractivity contribution in [1.82, 2.24) is 0 Å². The smallest absolute Gasteiger partial charge is 0.201 e. The summed E-state index contributed by atoms with van der Waals surface area (Å²) < 4.78 is 27.9. The fourth-order valence-corrected chi connectivity index (χ4v) is 5.57. The molecule has 0 saturated carbocycles. The van der Waals surface area contributed by atoms with Crippen LogP contribution in [-0.4, -0.2) is 95.9 Å². The van der Waals surface area contributed by atoms with Gasteiger partial charge in [-0.15, -0.1) is 0 Å². The Bertz CT molecular complexity index is 1120. The van der Waals surface area contributed by atoms with Crippen molar-refractivity contribution in [3.05, 3.63) is 41.0 Å². The van der Waals surface area contributed by atoms with Crippen LogP contribution in [0.2, 0.25) is 0 Å². The lowest BCUT2D eigenvalue weighted by Gasteiger charge is -2.43. The molecule has 1 aliphatic carbocycles. The maximum Gasteiger partial charge on any atom is 0.201 e. The highest BCUT2D eigenvalue weighted by atomic mass is 16.7. The Kier molecular flexibility index (Phi) is 8.55. The number of aromatic hydroxyl groups is 2. The molecule has 11 heteroatoms. The first-order chi connectivity index (χ1) is 18.2. The van der Waals surface area contributed by atoms with Crippen LogP contribution < -0.4 is 14.2 Å². The molecular formula is C27H36O11. The first kappa shape index (κ1) is 28.2. The van der Waals surface area contributed by atoms with Gasteiger partial charge in [-0.3, -0.25) is 0 Å². The zero-order valence-corrected chi connectivity index (χ0v) is 21.8. The predicted octanol–water partition coefficient (Wildman–Crippen LogP) is 0.880. The summed E-state index contributed by atoms with van der Waals surface area (Å²) in [7, 11) is 4.31. The first-order valence-corrected chi connectivity index (χ1v) is 12.4. The van der Waals surface area contributed by atoms with Gasteiger partial charge >= 0.3 is 0 Å². The molecule has 38 heavy (non-hydrogen) atoms. The van der Waals surface area contributed by atoms with E-state index in [0.29, 0.717) is 17.5 Å². The highest BCUT2D eigenvalue weighted by Gasteiger charge is 2.45. The van der Waals surface area contributed by atoms with E-state index in [1.54, 1.807) is 25.1 Å². The average Bonchev–Trinajstić information content (AvgIpc) is 2.92. The number of methoxy groups -OCH3 is 3. The molecule has 2 aliphatic rings. The number of benzene rings is 2. The Morgan fingerprint density at radius 2 is 1.63 bits per heavy atom. The van der Waals surface area contributed by atoms with Gasteiger partial charge in [0.1, 0.15) is 18.3 Å². The highest BCUT2D eigenvalue weighted by Crippen LogP contribution is 2.53. The minimum atomic E-state index is -1.49. The Balaban J connectivity index is 1.81. The molecule has 2 aromatic carbocycles. The summed E-state index contributed by atoms with van der Waals surface area (Å²) in [6.45, 7) is 1.35. The topological polar surface area (TPSA) is 168 Å². The van der Waals surface area contributed by atoms with Crippen LogP contribution in [0, 0.1) is 11.8 Å². The molecule has 1 saturated heterocycles. The maximum atomic E-state index is 10.9. The van der Waals surface area contributed by atoms with E-state index in [1.165, 1.54) is 27.4 Å². The zero-order valence-electron chi connectivity index (χ0n) is 21.8. The quantitative estimate of drug-likeness (QED) is 0.283. The van der Waals surface area contributed by atoms with Crippen LogP contribution in [-0.2, 0) is 15.9 Å². The second-order valence-electron chi connectivity index (χ2n) is 9.77. The molecule has 1 aliphatic heterocycles. The number of fused-ring (bicyclic) bond motifs is 1. The molecule has 6 N–H and O–H groups in total. The van der Waals surface area contributed by atoms with Crippen molar-refractivity contribution < 1.29 is 54.3 Å². The number of rotatable bonds is 8. The minimum Gasteiger partial charge on any atom is -0.504 e. The second-order valence-corrected chi connectivity index (χ2v) is 9.77. The lowest BCUT2D eigenvalue weighted by atomic mass is 9.66. The lowest BCUT2D eigenvalue weighted by molar-refractivity contribution is -0.296. The van der Waals surface area contributed by atoms with Gasteiger partial charge in [0.05, 0.1) is 34.0 Å². The van der Waals surface area contributed by atoms with E-state index in [0.717, 1.165) is 5.56 Å². The molecular weight excluding hydrogens is 500 g/mol. The molecule has 0 spiro atoms. The normalized spacial score (nSPS) is 30.9. The van der Waals surface area contributed by atoms with E-state index in [1.807, 2.05) is 0 Å². The first-order valence-electron chi connectivity index (χ1n) is 12.4.